The summed E-state index contributed by atoms with van der Waals surface area (Å²) in [6.07, 6.45) is -2.15. The summed E-state index contributed by atoms with van der Waals surface area (Å²) >= 11 is 0. The van der Waals surface area contributed by atoms with Crippen LogP contribution < -0.4 is 10.6 Å². The van der Waals surface area contributed by atoms with Crippen molar-refractivity contribution in [3.05, 3.63) is 29.3 Å². The molecule has 0 heterocycles. The number of nitrogens with two attached hydrogens (primary N) is 1. The van der Waals surface area contributed by atoms with Gasteiger partial charge in [0, 0.05) is 24.3 Å². The Labute approximate surface area is 116 Å². The highest BCUT2D eigenvalue weighted by molar-refractivity contribution is 6.00. The molecule has 1 aliphatic rings. The van der Waals surface area contributed by atoms with Crippen molar-refractivity contribution in [2.24, 2.45) is 11.7 Å². The summed E-state index contributed by atoms with van der Waals surface area (Å²) in [5.74, 6) is 0.225. The number of nitrogens with one attached hydrogen (secondary N) is 1. The zero-order valence-electron chi connectivity index (χ0n) is 11.5. The Hall–Kier alpha value is -1.72. The van der Waals surface area contributed by atoms with Gasteiger partial charge < -0.3 is 10.6 Å². The zero-order valence-corrected chi connectivity index (χ0v) is 11.5. The summed E-state index contributed by atoms with van der Waals surface area (Å²) in [7, 11) is 1.83. The fourth-order valence-electron chi connectivity index (χ4n) is 2.35. The molecule has 1 fully saturated rings. The second kappa shape index (κ2) is 5.00. The van der Waals surface area contributed by atoms with Crippen LogP contribution in [-0.4, -0.2) is 18.9 Å². The highest BCUT2D eigenvalue weighted by Crippen LogP contribution is 2.38. The van der Waals surface area contributed by atoms with Crippen LogP contribution in [0, 0.1) is 11.3 Å². The number of anilines is 1. The molecule has 0 amide bonds. The predicted octanol–water partition coefficient (Wildman–Crippen LogP) is 3.22. The number of alkyl halides is 3. The first kappa shape index (κ1) is 14.7. The van der Waals surface area contributed by atoms with E-state index in [1.165, 1.54) is 6.07 Å². The number of hydrogen-bond donors (Lipinski definition) is 2. The molecule has 1 aromatic rings. The van der Waals surface area contributed by atoms with Crippen LogP contribution in [0.3, 0.4) is 0 Å². The van der Waals surface area contributed by atoms with Crippen LogP contribution in [0.25, 0.3) is 0 Å². The minimum atomic E-state index is -4.43. The highest BCUT2D eigenvalue weighted by Gasteiger charge is 2.34. The summed E-state index contributed by atoms with van der Waals surface area (Å²) in [4.78, 5) is 1.91. The van der Waals surface area contributed by atoms with Crippen LogP contribution in [0.2, 0.25) is 0 Å². The van der Waals surface area contributed by atoms with Crippen molar-refractivity contribution in [3.63, 3.8) is 0 Å². The summed E-state index contributed by atoms with van der Waals surface area (Å²) in [5.41, 5.74) is 5.37. The van der Waals surface area contributed by atoms with E-state index in [0.717, 1.165) is 25.0 Å². The second-order valence-corrected chi connectivity index (χ2v) is 5.33. The SMILES string of the molecule is CC(C1CC1)N(C)c1ccc(C(F)(F)F)cc1C(=N)N. The van der Waals surface area contributed by atoms with Crippen LogP contribution in [0.5, 0.6) is 0 Å². The smallest absolute Gasteiger partial charge is 0.384 e. The van der Waals surface area contributed by atoms with Crippen molar-refractivity contribution < 1.29 is 13.2 Å². The Balaban J connectivity index is 2.39. The van der Waals surface area contributed by atoms with Crippen molar-refractivity contribution >= 4 is 11.5 Å². The van der Waals surface area contributed by atoms with E-state index < -0.39 is 11.7 Å². The molecule has 1 aliphatic carbocycles. The summed E-state index contributed by atoms with van der Waals surface area (Å²) in [6, 6.07) is 3.62. The van der Waals surface area contributed by atoms with Crippen LogP contribution in [0.4, 0.5) is 18.9 Å². The Bertz CT molecular complexity index is 521. The molecule has 1 atom stereocenters. The quantitative estimate of drug-likeness (QED) is 0.659. The number of benzene rings is 1. The van der Waals surface area contributed by atoms with Crippen molar-refractivity contribution in [1.29, 1.82) is 5.41 Å². The highest BCUT2D eigenvalue weighted by atomic mass is 19.4. The molecule has 0 saturated heterocycles. The van der Waals surface area contributed by atoms with E-state index >= 15 is 0 Å². The summed E-state index contributed by atoms with van der Waals surface area (Å²) in [6.45, 7) is 2.04. The lowest BCUT2D eigenvalue weighted by atomic mass is 10.0. The van der Waals surface area contributed by atoms with E-state index in [9.17, 15) is 13.2 Å². The van der Waals surface area contributed by atoms with E-state index in [-0.39, 0.29) is 17.4 Å². The van der Waals surface area contributed by atoms with Gasteiger partial charge in [0.15, 0.2) is 0 Å². The van der Waals surface area contributed by atoms with E-state index in [4.69, 9.17) is 11.1 Å². The van der Waals surface area contributed by atoms with Crippen LogP contribution in [-0.2, 0) is 6.18 Å². The standard InChI is InChI=1S/C14H18F3N3/c1-8(9-3-4-9)20(2)12-6-5-10(14(15,16)17)7-11(12)13(18)19/h5-9H,3-4H2,1-2H3,(H3,18,19). The van der Waals surface area contributed by atoms with Crippen LogP contribution >= 0.6 is 0 Å². The first-order valence-corrected chi connectivity index (χ1v) is 6.50. The normalized spacial score (nSPS) is 16.9. The van der Waals surface area contributed by atoms with Gasteiger partial charge in [-0.2, -0.15) is 13.2 Å². The van der Waals surface area contributed by atoms with Gasteiger partial charge in [0.1, 0.15) is 5.84 Å². The molecule has 0 bridgehead atoms. The fraction of sp³-hybridized carbons (Fsp3) is 0.500. The van der Waals surface area contributed by atoms with Crippen LogP contribution in [0.1, 0.15) is 30.9 Å². The third-order valence-electron chi connectivity index (χ3n) is 3.91. The molecule has 20 heavy (non-hydrogen) atoms. The Morgan fingerprint density at radius 2 is 2.00 bits per heavy atom. The maximum absolute atomic E-state index is 12.7. The number of hydrogen-bond acceptors (Lipinski definition) is 2. The maximum Gasteiger partial charge on any atom is 0.416 e. The van der Waals surface area contributed by atoms with Crippen LogP contribution in [0.15, 0.2) is 18.2 Å². The number of nitrogen functional groups attached to an aromatic ring is 1. The Kier molecular flexibility index (Phi) is 3.67. The molecule has 6 heteroatoms. The van der Waals surface area contributed by atoms with Crippen molar-refractivity contribution in [2.75, 3.05) is 11.9 Å². The zero-order chi connectivity index (χ0) is 15.1. The second-order valence-electron chi connectivity index (χ2n) is 5.33. The number of halogens is 3. The van der Waals surface area contributed by atoms with Gasteiger partial charge in [0.2, 0.25) is 0 Å². The summed E-state index contributed by atoms with van der Waals surface area (Å²) in [5, 5.41) is 7.52. The Morgan fingerprint density at radius 3 is 2.45 bits per heavy atom. The molecule has 0 spiro atoms. The van der Waals surface area contributed by atoms with E-state index in [1.54, 1.807) is 0 Å². The largest absolute Gasteiger partial charge is 0.416 e. The molecule has 1 saturated carbocycles. The maximum atomic E-state index is 12.7. The monoisotopic (exact) mass is 285 g/mol. The van der Waals surface area contributed by atoms with Gasteiger partial charge in [-0.05, 0) is 43.9 Å². The predicted molar refractivity (Wildman–Crippen MR) is 73.0 cm³/mol. The fourth-order valence-corrected chi connectivity index (χ4v) is 2.35. The van der Waals surface area contributed by atoms with E-state index in [0.29, 0.717) is 11.6 Å². The molecule has 0 aliphatic heterocycles. The lowest BCUT2D eigenvalue weighted by Gasteiger charge is -2.29. The number of amidine groups is 1. The minimum absolute atomic E-state index is 0.134. The molecule has 1 unspecified atom stereocenters. The van der Waals surface area contributed by atoms with Gasteiger partial charge in [-0.15, -0.1) is 0 Å². The molecule has 0 radical (unpaired) electrons. The third-order valence-corrected chi connectivity index (χ3v) is 3.91. The van der Waals surface area contributed by atoms with Gasteiger partial charge >= 0.3 is 6.18 Å². The first-order chi connectivity index (χ1) is 9.21. The minimum Gasteiger partial charge on any atom is -0.384 e. The van der Waals surface area contributed by atoms with Gasteiger partial charge in [-0.1, -0.05) is 0 Å². The van der Waals surface area contributed by atoms with Crippen molar-refractivity contribution in [1.82, 2.24) is 0 Å². The van der Waals surface area contributed by atoms with E-state index in [1.807, 2.05) is 18.9 Å². The van der Waals surface area contributed by atoms with E-state index in [2.05, 4.69) is 0 Å². The lowest BCUT2D eigenvalue weighted by molar-refractivity contribution is -0.137. The van der Waals surface area contributed by atoms with Gasteiger partial charge in [0.25, 0.3) is 0 Å². The van der Waals surface area contributed by atoms with Gasteiger partial charge in [-0.25, -0.2) is 0 Å². The molecular weight excluding hydrogens is 267 g/mol. The average Bonchev–Trinajstić information content (AvgIpc) is 3.19. The van der Waals surface area contributed by atoms with Crippen molar-refractivity contribution in [2.45, 2.75) is 32.0 Å². The van der Waals surface area contributed by atoms with Crippen molar-refractivity contribution in [3.8, 4) is 0 Å². The lowest BCUT2D eigenvalue weighted by Crippen LogP contribution is -2.32. The summed E-state index contributed by atoms with van der Waals surface area (Å²) < 4.78 is 38.2. The van der Waals surface area contributed by atoms with Gasteiger partial charge in [0.05, 0.1) is 5.56 Å². The Morgan fingerprint density at radius 1 is 1.40 bits per heavy atom. The average molecular weight is 285 g/mol. The first-order valence-electron chi connectivity index (χ1n) is 6.50. The third kappa shape index (κ3) is 2.89. The molecule has 3 nitrogen and oxygen atoms in total. The number of nitrogens with zero attached hydrogens (tertiary/aromatic N) is 1. The molecular formula is C14H18F3N3. The molecule has 110 valence electrons. The van der Waals surface area contributed by atoms with Gasteiger partial charge in [-0.3, -0.25) is 5.41 Å². The number of rotatable bonds is 4. The molecule has 0 aromatic heterocycles. The molecule has 2 rings (SSSR count). The molecule has 1 aromatic carbocycles. The topological polar surface area (TPSA) is 53.1 Å². The molecule has 3 N–H and O–H groups in total.